The number of hydrogen-bond donors (Lipinski definition) is 0. The number of benzene rings is 2. The number of esters is 1. The van der Waals surface area contributed by atoms with E-state index in [9.17, 15) is 14.0 Å². The minimum absolute atomic E-state index is 0.0562. The van der Waals surface area contributed by atoms with Crippen molar-refractivity contribution in [1.82, 2.24) is 0 Å². The number of cyclic esters (lactones) is 1. The summed E-state index contributed by atoms with van der Waals surface area (Å²) < 4.78 is 18.8. The lowest BCUT2D eigenvalue weighted by atomic mass is 9.84. The molecule has 1 amide bonds. The zero-order valence-corrected chi connectivity index (χ0v) is 12.7. The zero-order valence-electron chi connectivity index (χ0n) is 12.7. The molecule has 2 aromatic carbocycles. The van der Waals surface area contributed by atoms with Gasteiger partial charge in [0.15, 0.2) is 0 Å². The number of anilines is 1. The van der Waals surface area contributed by atoms with Crippen molar-refractivity contribution < 1.29 is 18.7 Å². The fourth-order valence-corrected chi connectivity index (χ4v) is 3.34. The van der Waals surface area contributed by atoms with Crippen molar-refractivity contribution in [3.05, 3.63) is 77.2 Å². The van der Waals surface area contributed by atoms with Crippen molar-refractivity contribution in [1.29, 1.82) is 0 Å². The average Bonchev–Trinajstić information content (AvgIpc) is 2.96. The number of halogens is 1. The quantitative estimate of drug-likeness (QED) is 0.798. The Balaban J connectivity index is 1.84. The molecule has 1 unspecified atom stereocenters. The number of rotatable bonds is 2. The van der Waals surface area contributed by atoms with Crippen molar-refractivity contribution in [2.75, 3.05) is 11.5 Å². The standard InChI is InChI=1S/C19H14FNO3/c20-13-6-4-5-12(9-13)15-10-17(22)21(14-7-2-1-3-8-14)16-11-24-19(23)18(15)16/h1-9,15H,10-11H2. The molecule has 0 aliphatic carbocycles. The highest BCUT2D eigenvalue weighted by Crippen LogP contribution is 2.41. The number of hydrogen-bond acceptors (Lipinski definition) is 3. The van der Waals surface area contributed by atoms with Gasteiger partial charge in [-0.1, -0.05) is 30.3 Å². The first-order chi connectivity index (χ1) is 11.6. The first kappa shape index (κ1) is 14.6. The predicted octanol–water partition coefficient (Wildman–Crippen LogP) is 3.16. The Labute approximate surface area is 138 Å². The summed E-state index contributed by atoms with van der Waals surface area (Å²) in [7, 11) is 0. The Kier molecular flexibility index (Phi) is 3.41. The Morgan fingerprint density at radius 1 is 1.04 bits per heavy atom. The smallest absolute Gasteiger partial charge is 0.336 e. The van der Waals surface area contributed by atoms with Crippen LogP contribution >= 0.6 is 0 Å². The van der Waals surface area contributed by atoms with Gasteiger partial charge < -0.3 is 4.74 Å². The molecular weight excluding hydrogens is 309 g/mol. The van der Waals surface area contributed by atoms with Gasteiger partial charge in [0.1, 0.15) is 12.4 Å². The van der Waals surface area contributed by atoms with Gasteiger partial charge in [-0.2, -0.15) is 0 Å². The molecule has 4 nitrogen and oxygen atoms in total. The Morgan fingerprint density at radius 2 is 1.83 bits per heavy atom. The van der Waals surface area contributed by atoms with Crippen LogP contribution in [0.4, 0.5) is 10.1 Å². The normalized spacial score (nSPS) is 20.2. The Bertz CT molecular complexity index is 860. The second-order valence-corrected chi connectivity index (χ2v) is 5.81. The van der Waals surface area contributed by atoms with Crippen LogP contribution in [0.2, 0.25) is 0 Å². The number of nitrogens with zero attached hydrogens (tertiary/aromatic N) is 1. The molecule has 4 rings (SSSR count). The van der Waals surface area contributed by atoms with Crippen LogP contribution in [0.15, 0.2) is 65.9 Å². The lowest BCUT2D eigenvalue weighted by molar-refractivity contribution is -0.136. The number of carbonyl (C=O) groups excluding carboxylic acids is 2. The van der Waals surface area contributed by atoms with Crippen LogP contribution in [0.1, 0.15) is 17.9 Å². The molecule has 0 fully saturated rings. The summed E-state index contributed by atoms with van der Waals surface area (Å²) in [5.74, 6) is -1.43. The summed E-state index contributed by atoms with van der Waals surface area (Å²) in [6.45, 7) is 0.0562. The lowest BCUT2D eigenvalue weighted by Crippen LogP contribution is -2.37. The fraction of sp³-hybridized carbons (Fsp3) is 0.158. The largest absolute Gasteiger partial charge is 0.456 e. The molecule has 0 saturated carbocycles. The maximum absolute atomic E-state index is 13.6. The molecule has 120 valence electrons. The highest BCUT2D eigenvalue weighted by Gasteiger charge is 2.42. The molecule has 0 aromatic heterocycles. The SMILES string of the molecule is O=C1OCC2=C1C(c1cccc(F)c1)CC(=O)N2c1ccccc1. The Morgan fingerprint density at radius 3 is 2.58 bits per heavy atom. The number of para-hydroxylation sites is 1. The second kappa shape index (κ2) is 5.60. The van der Waals surface area contributed by atoms with E-state index in [1.807, 2.05) is 30.3 Å². The van der Waals surface area contributed by atoms with E-state index in [0.717, 1.165) is 0 Å². The van der Waals surface area contributed by atoms with Crippen molar-refractivity contribution in [2.45, 2.75) is 12.3 Å². The summed E-state index contributed by atoms with van der Waals surface area (Å²) in [6.07, 6.45) is 0.103. The minimum atomic E-state index is -0.474. The predicted molar refractivity (Wildman–Crippen MR) is 85.7 cm³/mol. The third-order valence-corrected chi connectivity index (χ3v) is 4.38. The number of amides is 1. The second-order valence-electron chi connectivity index (χ2n) is 5.81. The molecule has 1 atom stereocenters. The molecule has 2 aliphatic rings. The van der Waals surface area contributed by atoms with Gasteiger partial charge >= 0.3 is 5.97 Å². The third kappa shape index (κ3) is 2.29. The Hall–Kier alpha value is -2.95. The molecule has 0 saturated heterocycles. The van der Waals surface area contributed by atoms with E-state index in [4.69, 9.17) is 4.74 Å². The molecule has 2 aliphatic heterocycles. The average molecular weight is 323 g/mol. The van der Waals surface area contributed by atoms with Crippen LogP contribution in [0.25, 0.3) is 0 Å². The lowest BCUT2D eigenvalue weighted by Gasteiger charge is -2.31. The molecule has 0 N–H and O–H groups in total. The zero-order chi connectivity index (χ0) is 16.7. The summed E-state index contributed by atoms with van der Waals surface area (Å²) >= 11 is 0. The van der Waals surface area contributed by atoms with Crippen LogP contribution in [-0.2, 0) is 14.3 Å². The monoisotopic (exact) mass is 323 g/mol. The van der Waals surface area contributed by atoms with Crippen LogP contribution < -0.4 is 4.90 Å². The van der Waals surface area contributed by atoms with Crippen LogP contribution in [0.5, 0.6) is 0 Å². The van der Waals surface area contributed by atoms with Gasteiger partial charge in [0.05, 0.1) is 11.3 Å². The van der Waals surface area contributed by atoms with Gasteiger partial charge in [-0.25, -0.2) is 9.18 Å². The summed E-state index contributed by atoms with van der Waals surface area (Å²) in [4.78, 5) is 26.5. The van der Waals surface area contributed by atoms with Crippen molar-refractivity contribution in [2.24, 2.45) is 0 Å². The van der Waals surface area contributed by atoms with Crippen LogP contribution in [0, 0.1) is 5.82 Å². The maximum atomic E-state index is 13.6. The highest BCUT2D eigenvalue weighted by molar-refractivity contribution is 6.06. The molecular formula is C19H14FNO3. The molecule has 24 heavy (non-hydrogen) atoms. The van der Waals surface area contributed by atoms with Crippen molar-refractivity contribution >= 4 is 17.6 Å². The minimum Gasteiger partial charge on any atom is -0.456 e. The van der Waals surface area contributed by atoms with E-state index in [2.05, 4.69) is 0 Å². The van der Waals surface area contributed by atoms with Crippen LogP contribution in [0.3, 0.4) is 0 Å². The first-order valence-electron chi connectivity index (χ1n) is 7.69. The number of ether oxygens (including phenoxy) is 1. The summed E-state index contributed by atoms with van der Waals surface area (Å²) in [5.41, 5.74) is 2.31. The van der Waals surface area contributed by atoms with Gasteiger partial charge in [0.25, 0.3) is 0 Å². The topological polar surface area (TPSA) is 46.6 Å². The van der Waals surface area contributed by atoms with E-state index in [1.165, 1.54) is 17.0 Å². The molecule has 0 bridgehead atoms. The fourth-order valence-electron chi connectivity index (χ4n) is 3.34. The van der Waals surface area contributed by atoms with Gasteiger partial charge in [-0.05, 0) is 29.8 Å². The molecule has 2 heterocycles. The van der Waals surface area contributed by atoms with Gasteiger partial charge in [-0.15, -0.1) is 0 Å². The van der Waals surface area contributed by atoms with Gasteiger partial charge in [-0.3, -0.25) is 9.69 Å². The molecule has 5 heteroatoms. The van der Waals surface area contributed by atoms with E-state index in [1.54, 1.807) is 12.1 Å². The van der Waals surface area contributed by atoms with E-state index in [0.29, 0.717) is 22.5 Å². The van der Waals surface area contributed by atoms with E-state index < -0.39 is 11.9 Å². The third-order valence-electron chi connectivity index (χ3n) is 4.38. The maximum Gasteiger partial charge on any atom is 0.336 e. The molecule has 0 spiro atoms. The molecule has 0 radical (unpaired) electrons. The van der Waals surface area contributed by atoms with E-state index in [-0.39, 0.29) is 24.8 Å². The van der Waals surface area contributed by atoms with Crippen molar-refractivity contribution in [3.63, 3.8) is 0 Å². The van der Waals surface area contributed by atoms with Gasteiger partial charge in [0, 0.05) is 18.0 Å². The van der Waals surface area contributed by atoms with E-state index >= 15 is 0 Å². The summed E-state index contributed by atoms with van der Waals surface area (Å²) in [5, 5.41) is 0. The highest BCUT2D eigenvalue weighted by atomic mass is 19.1. The number of carbonyl (C=O) groups is 2. The van der Waals surface area contributed by atoms with Gasteiger partial charge in [0.2, 0.25) is 5.91 Å². The summed E-state index contributed by atoms with van der Waals surface area (Å²) in [6, 6.07) is 15.2. The molecule has 2 aromatic rings. The van der Waals surface area contributed by atoms with Crippen molar-refractivity contribution in [3.8, 4) is 0 Å². The first-order valence-corrected chi connectivity index (χ1v) is 7.69. The van der Waals surface area contributed by atoms with Crippen LogP contribution in [-0.4, -0.2) is 18.5 Å².